The first-order valence-corrected chi connectivity index (χ1v) is 4.88. The molecule has 0 aliphatic heterocycles. The summed E-state index contributed by atoms with van der Waals surface area (Å²) in [7, 11) is 0. The third-order valence-electron chi connectivity index (χ3n) is 2.71. The molecular formula is C12H15N. The Hall–Kier alpha value is -1.11. The summed E-state index contributed by atoms with van der Waals surface area (Å²) in [5, 5.41) is 0. The molecule has 1 aromatic rings. The Morgan fingerprint density at radius 3 is 2.92 bits per heavy atom. The number of rotatable bonds is 3. The van der Waals surface area contributed by atoms with E-state index >= 15 is 0 Å². The van der Waals surface area contributed by atoms with Gasteiger partial charge >= 0.3 is 0 Å². The van der Waals surface area contributed by atoms with E-state index in [0.29, 0.717) is 5.92 Å². The first kappa shape index (κ1) is 8.49. The van der Waals surface area contributed by atoms with Gasteiger partial charge in [0.25, 0.3) is 0 Å². The minimum atomic E-state index is 0.422. The van der Waals surface area contributed by atoms with Gasteiger partial charge in [-0.3, -0.25) is 4.98 Å². The Kier molecular flexibility index (Phi) is 2.17. The van der Waals surface area contributed by atoms with Gasteiger partial charge in [0.1, 0.15) is 0 Å². The summed E-state index contributed by atoms with van der Waals surface area (Å²) in [6.45, 7) is 5.95. The van der Waals surface area contributed by atoms with Crippen LogP contribution in [-0.2, 0) is 0 Å². The summed E-state index contributed by atoms with van der Waals surface area (Å²) in [4.78, 5) is 4.27. The van der Waals surface area contributed by atoms with Gasteiger partial charge in [-0.15, -0.1) is 6.58 Å². The van der Waals surface area contributed by atoms with Crippen LogP contribution >= 0.6 is 0 Å². The van der Waals surface area contributed by atoms with Crippen LogP contribution < -0.4 is 0 Å². The summed E-state index contributed by atoms with van der Waals surface area (Å²) in [5.41, 5.74) is 2.70. The Morgan fingerprint density at radius 2 is 2.31 bits per heavy atom. The molecule has 1 heteroatoms. The maximum Gasteiger partial charge on any atom is 0.0305 e. The molecule has 1 fully saturated rings. The summed E-state index contributed by atoms with van der Waals surface area (Å²) < 4.78 is 0. The van der Waals surface area contributed by atoms with Crippen LogP contribution in [0.15, 0.2) is 31.1 Å². The van der Waals surface area contributed by atoms with Crippen LogP contribution in [-0.4, -0.2) is 4.98 Å². The van der Waals surface area contributed by atoms with Crippen molar-refractivity contribution in [2.45, 2.75) is 31.6 Å². The highest BCUT2D eigenvalue weighted by Gasteiger charge is 2.23. The smallest absolute Gasteiger partial charge is 0.0305 e. The Morgan fingerprint density at radius 1 is 1.54 bits per heavy atom. The van der Waals surface area contributed by atoms with E-state index in [0.717, 1.165) is 5.92 Å². The van der Waals surface area contributed by atoms with Gasteiger partial charge in [-0.05, 0) is 29.9 Å². The second kappa shape index (κ2) is 3.33. The van der Waals surface area contributed by atoms with Crippen LogP contribution in [0.2, 0.25) is 0 Å². The molecule has 1 heterocycles. The summed E-state index contributed by atoms with van der Waals surface area (Å²) in [5.74, 6) is 1.22. The highest BCUT2D eigenvalue weighted by atomic mass is 14.6. The van der Waals surface area contributed by atoms with Gasteiger partial charge in [0, 0.05) is 18.3 Å². The van der Waals surface area contributed by atoms with Crippen molar-refractivity contribution >= 4 is 0 Å². The molecular weight excluding hydrogens is 158 g/mol. The van der Waals surface area contributed by atoms with E-state index in [-0.39, 0.29) is 0 Å². The average Bonchev–Trinajstić information content (AvgIpc) is 3.00. The van der Waals surface area contributed by atoms with E-state index in [1.807, 2.05) is 18.5 Å². The third-order valence-corrected chi connectivity index (χ3v) is 2.71. The number of pyridine rings is 1. The summed E-state index contributed by atoms with van der Waals surface area (Å²) >= 11 is 0. The molecule has 1 aliphatic carbocycles. The molecule has 13 heavy (non-hydrogen) atoms. The first-order chi connectivity index (χ1) is 6.31. The van der Waals surface area contributed by atoms with E-state index < -0.39 is 0 Å². The zero-order valence-electron chi connectivity index (χ0n) is 8.03. The second-order valence-electron chi connectivity index (χ2n) is 3.85. The molecule has 0 unspecified atom stereocenters. The van der Waals surface area contributed by atoms with Crippen LogP contribution in [0.25, 0.3) is 0 Å². The van der Waals surface area contributed by atoms with Crippen LogP contribution in [0.5, 0.6) is 0 Å². The Balaban J connectivity index is 2.25. The quantitative estimate of drug-likeness (QED) is 0.639. The number of aromatic nitrogens is 1. The van der Waals surface area contributed by atoms with Gasteiger partial charge in [-0.25, -0.2) is 0 Å². The predicted octanol–water partition coefficient (Wildman–Crippen LogP) is 3.25. The van der Waals surface area contributed by atoms with Crippen molar-refractivity contribution in [2.75, 3.05) is 0 Å². The maximum absolute atomic E-state index is 4.27. The van der Waals surface area contributed by atoms with E-state index in [1.165, 1.54) is 24.0 Å². The molecule has 0 N–H and O–H groups in total. The fraction of sp³-hybridized carbons (Fsp3) is 0.417. The van der Waals surface area contributed by atoms with Crippen LogP contribution in [0, 0.1) is 0 Å². The molecule has 0 amide bonds. The fourth-order valence-corrected chi connectivity index (χ4v) is 1.50. The Bertz CT molecular complexity index is 313. The lowest BCUT2D eigenvalue weighted by molar-refractivity contribution is 0.940. The minimum absolute atomic E-state index is 0.422. The highest BCUT2D eigenvalue weighted by molar-refractivity contribution is 5.28. The summed E-state index contributed by atoms with van der Waals surface area (Å²) in [6.07, 6.45) is 8.59. The molecule has 0 bridgehead atoms. The molecule has 1 nitrogen and oxygen atoms in total. The predicted molar refractivity (Wildman–Crippen MR) is 54.8 cm³/mol. The number of hydrogen-bond acceptors (Lipinski definition) is 1. The molecule has 0 spiro atoms. The van der Waals surface area contributed by atoms with Crippen LogP contribution in [0.3, 0.4) is 0 Å². The number of nitrogens with zero attached hydrogens (tertiary/aromatic N) is 1. The average molecular weight is 173 g/mol. The molecule has 1 saturated carbocycles. The standard InChI is InChI=1S/C12H15N/c1-3-9(2)11-6-12(8-13-7-11)10-4-5-10/h3,6-10H,1,4-5H2,2H3/t9-/m1/s1. The molecule has 1 aliphatic rings. The minimum Gasteiger partial charge on any atom is -0.264 e. The molecule has 2 rings (SSSR count). The lowest BCUT2D eigenvalue weighted by Gasteiger charge is -2.07. The van der Waals surface area contributed by atoms with Crippen LogP contribution in [0.1, 0.15) is 42.7 Å². The van der Waals surface area contributed by atoms with E-state index in [4.69, 9.17) is 0 Å². The molecule has 1 atom stereocenters. The van der Waals surface area contributed by atoms with E-state index in [1.54, 1.807) is 0 Å². The number of hydrogen-bond donors (Lipinski definition) is 0. The van der Waals surface area contributed by atoms with Crippen molar-refractivity contribution in [3.63, 3.8) is 0 Å². The van der Waals surface area contributed by atoms with Crippen molar-refractivity contribution in [3.05, 3.63) is 42.2 Å². The zero-order chi connectivity index (χ0) is 9.26. The molecule has 0 saturated heterocycles. The van der Waals surface area contributed by atoms with Crippen molar-refractivity contribution in [1.29, 1.82) is 0 Å². The monoisotopic (exact) mass is 173 g/mol. The van der Waals surface area contributed by atoms with E-state index in [2.05, 4.69) is 24.6 Å². The first-order valence-electron chi connectivity index (χ1n) is 4.88. The molecule has 68 valence electrons. The molecule has 0 aromatic carbocycles. The summed E-state index contributed by atoms with van der Waals surface area (Å²) in [6, 6.07) is 2.27. The highest BCUT2D eigenvalue weighted by Crippen LogP contribution is 2.40. The van der Waals surface area contributed by atoms with Gasteiger partial charge in [0.2, 0.25) is 0 Å². The largest absolute Gasteiger partial charge is 0.264 e. The van der Waals surface area contributed by atoms with Gasteiger partial charge in [-0.2, -0.15) is 0 Å². The van der Waals surface area contributed by atoms with Crippen molar-refractivity contribution in [3.8, 4) is 0 Å². The second-order valence-corrected chi connectivity index (χ2v) is 3.85. The Labute approximate surface area is 79.5 Å². The topological polar surface area (TPSA) is 12.9 Å². The van der Waals surface area contributed by atoms with E-state index in [9.17, 15) is 0 Å². The fourth-order valence-electron chi connectivity index (χ4n) is 1.50. The zero-order valence-corrected chi connectivity index (χ0v) is 8.03. The maximum atomic E-state index is 4.27. The lowest BCUT2D eigenvalue weighted by atomic mass is 10.0. The molecule has 0 radical (unpaired) electrons. The normalized spacial score (nSPS) is 18.2. The third kappa shape index (κ3) is 1.80. The van der Waals surface area contributed by atoms with Gasteiger partial charge in [-0.1, -0.05) is 19.1 Å². The molecule has 1 aromatic heterocycles. The van der Waals surface area contributed by atoms with Crippen molar-refractivity contribution in [2.24, 2.45) is 0 Å². The lowest BCUT2D eigenvalue weighted by Crippen LogP contribution is -1.92. The van der Waals surface area contributed by atoms with Crippen molar-refractivity contribution < 1.29 is 0 Å². The van der Waals surface area contributed by atoms with Gasteiger partial charge in [0.05, 0.1) is 0 Å². The van der Waals surface area contributed by atoms with Crippen molar-refractivity contribution in [1.82, 2.24) is 4.98 Å². The van der Waals surface area contributed by atoms with Crippen LogP contribution in [0.4, 0.5) is 0 Å². The SMILES string of the molecule is C=C[C@@H](C)c1cncc(C2CC2)c1. The number of allylic oxidation sites excluding steroid dienone is 1. The van der Waals surface area contributed by atoms with Gasteiger partial charge < -0.3 is 0 Å². The van der Waals surface area contributed by atoms with Gasteiger partial charge in [0.15, 0.2) is 0 Å².